The average Bonchev–Trinajstić information content (AvgIpc) is 3.67. The number of furan rings is 1. The van der Waals surface area contributed by atoms with Crippen molar-refractivity contribution in [2.45, 2.75) is 6.04 Å². The van der Waals surface area contributed by atoms with Gasteiger partial charge in [0.15, 0.2) is 5.58 Å². The van der Waals surface area contributed by atoms with E-state index in [4.69, 9.17) is 9.40 Å². The van der Waals surface area contributed by atoms with Crippen LogP contribution in [0.3, 0.4) is 0 Å². The number of nitrogens with zero attached hydrogens (tertiary/aromatic N) is 2. The molecule has 0 fully saturated rings. The minimum atomic E-state index is -0.0640. The van der Waals surface area contributed by atoms with Gasteiger partial charge >= 0.3 is 0 Å². The first kappa shape index (κ1) is 25.3. The summed E-state index contributed by atoms with van der Waals surface area (Å²) in [5.74, 6) is 0.927. The first-order valence-electron chi connectivity index (χ1n) is 15.7. The lowest BCUT2D eigenvalue weighted by Gasteiger charge is -2.27. The van der Waals surface area contributed by atoms with E-state index in [-0.39, 0.29) is 6.04 Å². The fraction of sp³-hybridized carbons (Fsp3) is 0.0488. The van der Waals surface area contributed by atoms with Gasteiger partial charge in [0.2, 0.25) is 0 Å². The van der Waals surface area contributed by atoms with E-state index in [2.05, 4.69) is 155 Å². The standard InChI is InChI=1S/C41H28N4O/c1-2-9-26(10-3-1)36-35-39-41(46-40(35)30-12-4-6-14-33(30)44-36)31-13-5-7-15-34(31)45(39)29-21-18-25(19-22-29)32-23-20-28-17-16-27-11-8-24-42-37(27)38(28)43-32/h1-23,36,42,44H,24H2. The van der Waals surface area contributed by atoms with E-state index in [9.17, 15) is 0 Å². The molecule has 0 aliphatic carbocycles. The topological polar surface area (TPSA) is 55.0 Å². The van der Waals surface area contributed by atoms with E-state index in [1.807, 2.05) is 0 Å². The van der Waals surface area contributed by atoms with Crippen molar-refractivity contribution in [3.05, 3.63) is 150 Å². The van der Waals surface area contributed by atoms with Gasteiger partial charge in [-0.05, 0) is 53.6 Å². The number of fused-ring (bicyclic) bond motifs is 10. The summed E-state index contributed by atoms with van der Waals surface area (Å²) in [5, 5.41) is 9.60. The maximum Gasteiger partial charge on any atom is 0.161 e. The molecule has 46 heavy (non-hydrogen) atoms. The third kappa shape index (κ3) is 3.66. The summed E-state index contributed by atoms with van der Waals surface area (Å²) in [7, 11) is 0. The van der Waals surface area contributed by atoms with Gasteiger partial charge in [0.25, 0.3) is 0 Å². The third-order valence-electron chi connectivity index (χ3n) is 9.43. The van der Waals surface area contributed by atoms with Crippen LogP contribution in [0.1, 0.15) is 22.7 Å². The summed E-state index contributed by atoms with van der Waals surface area (Å²) in [6.07, 6.45) is 4.31. The zero-order valence-corrected chi connectivity index (χ0v) is 24.9. The molecule has 0 radical (unpaired) electrons. The summed E-state index contributed by atoms with van der Waals surface area (Å²) in [4.78, 5) is 5.14. The molecule has 1 unspecified atom stereocenters. The fourth-order valence-corrected chi connectivity index (χ4v) is 7.30. The molecule has 0 saturated carbocycles. The molecule has 5 heterocycles. The lowest BCUT2D eigenvalue weighted by Crippen LogP contribution is -2.17. The van der Waals surface area contributed by atoms with Crippen molar-refractivity contribution >= 4 is 50.4 Å². The Hall–Kier alpha value is -6.07. The van der Waals surface area contributed by atoms with Gasteiger partial charge in [-0.1, -0.05) is 97.1 Å². The summed E-state index contributed by atoms with van der Waals surface area (Å²) < 4.78 is 9.25. The average molecular weight is 593 g/mol. The Labute approximate surface area is 265 Å². The van der Waals surface area contributed by atoms with E-state index in [1.54, 1.807) is 0 Å². The minimum absolute atomic E-state index is 0.0640. The molecule has 3 aromatic heterocycles. The highest BCUT2D eigenvalue weighted by Gasteiger charge is 2.34. The van der Waals surface area contributed by atoms with Crippen LogP contribution in [0.5, 0.6) is 0 Å². The molecule has 0 amide bonds. The maximum absolute atomic E-state index is 6.88. The van der Waals surface area contributed by atoms with Gasteiger partial charge in [0.1, 0.15) is 5.76 Å². The summed E-state index contributed by atoms with van der Waals surface area (Å²) >= 11 is 0. The molecule has 1 atom stereocenters. The van der Waals surface area contributed by atoms with Gasteiger partial charge in [-0.3, -0.25) is 0 Å². The monoisotopic (exact) mass is 592 g/mol. The molecule has 2 aliphatic rings. The number of anilines is 2. The molecule has 5 aromatic carbocycles. The van der Waals surface area contributed by atoms with Gasteiger partial charge in [0.05, 0.1) is 39.5 Å². The second-order valence-corrected chi connectivity index (χ2v) is 12.0. The zero-order chi connectivity index (χ0) is 30.2. The van der Waals surface area contributed by atoms with Crippen LogP contribution >= 0.6 is 0 Å². The number of hydrogen-bond donors (Lipinski definition) is 2. The Morgan fingerprint density at radius 3 is 2.48 bits per heavy atom. The van der Waals surface area contributed by atoms with Crippen molar-refractivity contribution in [2.24, 2.45) is 0 Å². The van der Waals surface area contributed by atoms with Crippen LogP contribution in [0.25, 0.3) is 67.3 Å². The van der Waals surface area contributed by atoms with Crippen LogP contribution in [0.15, 0.2) is 138 Å². The number of rotatable bonds is 3. The Kier molecular flexibility index (Phi) is 5.34. The van der Waals surface area contributed by atoms with E-state index < -0.39 is 0 Å². The molecule has 0 saturated heterocycles. The Morgan fingerprint density at radius 2 is 1.57 bits per heavy atom. The second kappa shape index (κ2) is 9.71. The van der Waals surface area contributed by atoms with Crippen LogP contribution in [-0.4, -0.2) is 16.1 Å². The number of pyridine rings is 1. The smallest absolute Gasteiger partial charge is 0.161 e. The van der Waals surface area contributed by atoms with Gasteiger partial charge < -0.3 is 19.6 Å². The van der Waals surface area contributed by atoms with E-state index in [0.29, 0.717) is 0 Å². The quantitative estimate of drug-likeness (QED) is 0.214. The highest BCUT2D eigenvalue weighted by molar-refractivity contribution is 6.10. The molecule has 218 valence electrons. The van der Waals surface area contributed by atoms with Gasteiger partial charge in [-0.15, -0.1) is 0 Å². The van der Waals surface area contributed by atoms with Crippen LogP contribution in [0.2, 0.25) is 0 Å². The van der Waals surface area contributed by atoms with E-state index >= 15 is 0 Å². The van der Waals surface area contributed by atoms with Crippen molar-refractivity contribution in [2.75, 3.05) is 17.2 Å². The van der Waals surface area contributed by atoms with Gasteiger partial charge in [-0.25, -0.2) is 4.98 Å². The number of para-hydroxylation sites is 2. The molecule has 0 spiro atoms. The molecular formula is C41H28N4O. The summed E-state index contributed by atoms with van der Waals surface area (Å²) in [6.45, 7) is 0.815. The lowest BCUT2D eigenvalue weighted by molar-refractivity contribution is 0.626. The summed E-state index contributed by atoms with van der Waals surface area (Å²) in [6, 6.07) is 44.9. The van der Waals surface area contributed by atoms with E-state index in [1.165, 1.54) is 11.1 Å². The molecule has 2 N–H and O–H groups in total. The van der Waals surface area contributed by atoms with Crippen molar-refractivity contribution in [1.29, 1.82) is 0 Å². The molecule has 10 rings (SSSR count). The molecule has 8 aromatic rings. The Morgan fingerprint density at radius 1 is 0.761 bits per heavy atom. The largest absolute Gasteiger partial charge is 0.453 e. The SMILES string of the molecule is C1=Cc2ccc3ccc(-c4ccc(-n5c6ccccc6c6oc7c(c65)C(c5ccccc5)Nc5ccccc5-7)cc4)nc3c2NC1. The zero-order valence-electron chi connectivity index (χ0n) is 24.9. The number of nitrogens with one attached hydrogen (secondary N) is 2. The highest BCUT2D eigenvalue weighted by atomic mass is 16.3. The van der Waals surface area contributed by atoms with Crippen molar-refractivity contribution in [1.82, 2.24) is 9.55 Å². The summed E-state index contributed by atoms with van der Waals surface area (Å²) in [5.41, 5.74) is 14.0. The molecule has 0 bridgehead atoms. The molecular weight excluding hydrogens is 564 g/mol. The van der Waals surface area contributed by atoms with E-state index in [0.717, 1.165) is 84.7 Å². The van der Waals surface area contributed by atoms with Crippen molar-refractivity contribution in [3.8, 4) is 28.3 Å². The predicted octanol–water partition coefficient (Wildman–Crippen LogP) is 10.2. The maximum atomic E-state index is 6.88. The fourth-order valence-electron chi connectivity index (χ4n) is 7.30. The minimum Gasteiger partial charge on any atom is -0.453 e. The van der Waals surface area contributed by atoms with Crippen LogP contribution < -0.4 is 10.6 Å². The number of hydrogen-bond acceptors (Lipinski definition) is 4. The number of benzene rings is 5. The van der Waals surface area contributed by atoms with Gasteiger partial charge in [-0.2, -0.15) is 0 Å². The molecule has 5 nitrogen and oxygen atoms in total. The molecule has 5 heteroatoms. The van der Waals surface area contributed by atoms with Crippen molar-refractivity contribution in [3.63, 3.8) is 0 Å². The van der Waals surface area contributed by atoms with Gasteiger partial charge in [0, 0.05) is 39.8 Å². The normalized spacial score (nSPS) is 14.9. The molecule has 2 aliphatic heterocycles. The Bertz CT molecular complexity index is 2500. The first-order valence-corrected chi connectivity index (χ1v) is 15.7. The Balaban J connectivity index is 1.17. The third-order valence-corrected chi connectivity index (χ3v) is 9.43. The first-order chi connectivity index (χ1) is 22.8. The van der Waals surface area contributed by atoms with Crippen LogP contribution in [0, 0.1) is 0 Å². The predicted molar refractivity (Wildman–Crippen MR) is 189 cm³/mol. The highest BCUT2D eigenvalue weighted by Crippen LogP contribution is 2.50. The van der Waals surface area contributed by atoms with Crippen LogP contribution in [-0.2, 0) is 0 Å². The van der Waals surface area contributed by atoms with Crippen LogP contribution in [0.4, 0.5) is 11.4 Å². The number of aromatic nitrogens is 2. The lowest BCUT2D eigenvalue weighted by atomic mass is 9.91. The second-order valence-electron chi connectivity index (χ2n) is 12.0. The van der Waals surface area contributed by atoms with Crippen molar-refractivity contribution < 1.29 is 4.42 Å².